The van der Waals surface area contributed by atoms with E-state index in [1.54, 1.807) is 30.4 Å². The number of carbonyl (C=O) groups excluding carboxylic acids is 1. The van der Waals surface area contributed by atoms with Crippen LogP contribution < -0.4 is 10.2 Å². The summed E-state index contributed by atoms with van der Waals surface area (Å²) in [5, 5.41) is 2.75. The Bertz CT molecular complexity index is 364. The zero-order valence-corrected chi connectivity index (χ0v) is 9.60. The zero-order valence-electron chi connectivity index (χ0n) is 9.60. The number of nitrogens with zero attached hydrogens (tertiary/aromatic N) is 3. The number of hydrogen-bond acceptors (Lipinski definition) is 4. The van der Waals surface area contributed by atoms with E-state index < -0.39 is 0 Å². The molecule has 0 fully saturated rings. The first-order valence-corrected chi connectivity index (χ1v) is 4.99. The molecule has 1 rings (SSSR count). The quantitative estimate of drug-likeness (QED) is 0.738. The molecule has 0 aliphatic rings. The van der Waals surface area contributed by atoms with Crippen LogP contribution in [-0.4, -0.2) is 36.0 Å². The number of carbonyl (C=O) groups is 1. The van der Waals surface area contributed by atoms with Gasteiger partial charge in [-0.25, -0.2) is 9.97 Å². The molecular weight excluding hydrogens is 204 g/mol. The third-order valence-corrected chi connectivity index (χ3v) is 1.86. The summed E-state index contributed by atoms with van der Waals surface area (Å²) in [5.74, 6) is 0.464. The van der Waals surface area contributed by atoms with E-state index in [1.807, 2.05) is 6.92 Å². The van der Waals surface area contributed by atoms with Crippen LogP contribution in [-0.2, 0) is 4.79 Å². The van der Waals surface area contributed by atoms with Gasteiger partial charge in [0, 0.05) is 26.0 Å². The van der Waals surface area contributed by atoms with Gasteiger partial charge in [-0.05, 0) is 13.0 Å². The second-order valence-corrected chi connectivity index (χ2v) is 3.64. The van der Waals surface area contributed by atoms with Gasteiger partial charge in [-0.15, -0.1) is 0 Å². The van der Waals surface area contributed by atoms with Crippen LogP contribution in [0.4, 0.5) is 5.95 Å². The van der Waals surface area contributed by atoms with Gasteiger partial charge < -0.3 is 10.2 Å². The standard InChI is InChI=1S/C11H16N4O/c1-9(2)7-14-10(16)8-15(3)11-12-5-4-6-13-11/h4-6H,1,7-8H2,2-3H3,(H,14,16). The van der Waals surface area contributed by atoms with Crippen molar-refractivity contribution in [3.63, 3.8) is 0 Å². The Balaban J connectivity index is 2.43. The van der Waals surface area contributed by atoms with Gasteiger partial charge in [0.2, 0.25) is 11.9 Å². The van der Waals surface area contributed by atoms with Gasteiger partial charge in [0.05, 0.1) is 6.54 Å². The van der Waals surface area contributed by atoms with Crippen molar-refractivity contribution in [3.05, 3.63) is 30.6 Å². The van der Waals surface area contributed by atoms with Crippen LogP contribution in [0, 0.1) is 0 Å². The number of rotatable bonds is 5. The number of nitrogens with one attached hydrogen (secondary N) is 1. The molecule has 16 heavy (non-hydrogen) atoms. The van der Waals surface area contributed by atoms with E-state index in [0.29, 0.717) is 12.5 Å². The predicted molar refractivity (Wildman–Crippen MR) is 63.1 cm³/mol. The molecule has 0 saturated carbocycles. The molecule has 0 unspecified atom stereocenters. The Labute approximate surface area is 95.2 Å². The van der Waals surface area contributed by atoms with E-state index in [4.69, 9.17) is 0 Å². The minimum atomic E-state index is -0.0713. The fraction of sp³-hybridized carbons (Fsp3) is 0.364. The molecule has 1 aromatic rings. The first-order valence-electron chi connectivity index (χ1n) is 4.99. The van der Waals surface area contributed by atoms with Gasteiger partial charge in [-0.1, -0.05) is 12.2 Å². The van der Waals surface area contributed by atoms with Crippen molar-refractivity contribution < 1.29 is 4.79 Å². The third-order valence-electron chi connectivity index (χ3n) is 1.86. The molecule has 0 atom stereocenters. The van der Waals surface area contributed by atoms with Gasteiger partial charge in [0.25, 0.3) is 0 Å². The number of aromatic nitrogens is 2. The van der Waals surface area contributed by atoms with Crippen molar-refractivity contribution in [2.45, 2.75) is 6.92 Å². The summed E-state index contributed by atoms with van der Waals surface area (Å²) in [6, 6.07) is 1.73. The van der Waals surface area contributed by atoms with Crippen LogP contribution >= 0.6 is 0 Å². The van der Waals surface area contributed by atoms with Crippen molar-refractivity contribution in [1.29, 1.82) is 0 Å². The largest absolute Gasteiger partial charge is 0.351 e. The monoisotopic (exact) mass is 220 g/mol. The lowest BCUT2D eigenvalue weighted by Crippen LogP contribution is -2.36. The molecule has 1 amide bonds. The third kappa shape index (κ3) is 4.08. The smallest absolute Gasteiger partial charge is 0.239 e. The maximum atomic E-state index is 11.5. The van der Waals surface area contributed by atoms with Crippen molar-refractivity contribution in [1.82, 2.24) is 15.3 Å². The highest BCUT2D eigenvalue weighted by Crippen LogP contribution is 2.00. The number of anilines is 1. The van der Waals surface area contributed by atoms with E-state index in [2.05, 4.69) is 21.9 Å². The molecule has 1 heterocycles. The van der Waals surface area contributed by atoms with E-state index in [-0.39, 0.29) is 12.5 Å². The van der Waals surface area contributed by atoms with Crippen LogP contribution in [0.3, 0.4) is 0 Å². The normalized spacial score (nSPS) is 9.62. The van der Waals surface area contributed by atoms with E-state index in [1.165, 1.54) is 0 Å². The number of hydrogen-bond donors (Lipinski definition) is 1. The lowest BCUT2D eigenvalue weighted by Gasteiger charge is -2.15. The highest BCUT2D eigenvalue weighted by molar-refractivity contribution is 5.80. The van der Waals surface area contributed by atoms with Crippen molar-refractivity contribution >= 4 is 11.9 Å². The Morgan fingerprint density at radius 2 is 2.12 bits per heavy atom. The molecule has 0 aromatic carbocycles. The molecule has 1 aromatic heterocycles. The van der Waals surface area contributed by atoms with Crippen LogP contribution in [0.2, 0.25) is 0 Å². The zero-order chi connectivity index (χ0) is 12.0. The maximum Gasteiger partial charge on any atom is 0.239 e. The van der Waals surface area contributed by atoms with Crippen molar-refractivity contribution in [2.75, 3.05) is 25.0 Å². The highest BCUT2D eigenvalue weighted by atomic mass is 16.2. The molecule has 0 radical (unpaired) electrons. The minimum absolute atomic E-state index is 0.0713. The summed E-state index contributed by atoms with van der Waals surface area (Å²) < 4.78 is 0. The summed E-state index contributed by atoms with van der Waals surface area (Å²) in [7, 11) is 1.77. The van der Waals surface area contributed by atoms with Crippen LogP contribution in [0.1, 0.15) is 6.92 Å². The highest BCUT2D eigenvalue weighted by Gasteiger charge is 2.08. The molecule has 0 aliphatic heterocycles. The van der Waals surface area contributed by atoms with Crippen LogP contribution in [0.15, 0.2) is 30.6 Å². The second-order valence-electron chi connectivity index (χ2n) is 3.64. The molecular formula is C11H16N4O. The molecule has 0 bridgehead atoms. The van der Waals surface area contributed by atoms with Crippen molar-refractivity contribution in [3.8, 4) is 0 Å². The first kappa shape index (κ1) is 12.2. The van der Waals surface area contributed by atoms with E-state index in [0.717, 1.165) is 5.57 Å². The molecule has 5 nitrogen and oxygen atoms in total. The molecule has 0 aliphatic carbocycles. The van der Waals surface area contributed by atoms with E-state index in [9.17, 15) is 4.79 Å². The average Bonchev–Trinajstić information content (AvgIpc) is 2.27. The number of likely N-dealkylation sites (N-methyl/N-ethyl adjacent to an activating group) is 1. The molecule has 0 spiro atoms. The van der Waals surface area contributed by atoms with Crippen LogP contribution in [0.25, 0.3) is 0 Å². The molecule has 0 saturated heterocycles. The summed E-state index contributed by atoms with van der Waals surface area (Å²) in [4.78, 5) is 21.3. The first-order chi connectivity index (χ1) is 7.59. The van der Waals surface area contributed by atoms with Gasteiger partial charge >= 0.3 is 0 Å². The Kier molecular flexibility index (Phi) is 4.44. The Morgan fingerprint density at radius 3 is 2.69 bits per heavy atom. The van der Waals surface area contributed by atoms with Crippen LogP contribution in [0.5, 0.6) is 0 Å². The Morgan fingerprint density at radius 1 is 1.50 bits per heavy atom. The summed E-state index contributed by atoms with van der Waals surface area (Å²) in [6.07, 6.45) is 3.29. The van der Waals surface area contributed by atoms with Gasteiger partial charge in [0.1, 0.15) is 0 Å². The maximum absolute atomic E-state index is 11.5. The number of amides is 1. The van der Waals surface area contributed by atoms with Gasteiger partial charge in [-0.2, -0.15) is 0 Å². The van der Waals surface area contributed by atoms with Gasteiger partial charge in [0.15, 0.2) is 0 Å². The molecule has 1 N–H and O–H groups in total. The molecule has 86 valence electrons. The topological polar surface area (TPSA) is 58.1 Å². The average molecular weight is 220 g/mol. The minimum Gasteiger partial charge on any atom is -0.351 e. The van der Waals surface area contributed by atoms with Crippen molar-refractivity contribution in [2.24, 2.45) is 0 Å². The Hall–Kier alpha value is -1.91. The lowest BCUT2D eigenvalue weighted by molar-refractivity contribution is -0.119. The lowest BCUT2D eigenvalue weighted by atomic mass is 10.3. The summed E-state index contributed by atoms with van der Waals surface area (Å²) >= 11 is 0. The summed E-state index contributed by atoms with van der Waals surface area (Å²) in [5.41, 5.74) is 0.923. The van der Waals surface area contributed by atoms with E-state index >= 15 is 0 Å². The second kappa shape index (κ2) is 5.85. The summed E-state index contributed by atoms with van der Waals surface area (Å²) in [6.45, 7) is 6.31. The molecule has 5 heteroatoms. The van der Waals surface area contributed by atoms with Gasteiger partial charge in [-0.3, -0.25) is 4.79 Å². The fourth-order valence-electron chi connectivity index (χ4n) is 1.08. The fourth-order valence-corrected chi connectivity index (χ4v) is 1.08. The predicted octanol–water partition coefficient (Wildman–Crippen LogP) is 0.605. The SMILES string of the molecule is C=C(C)CNC(=O)CN(C)c1ncccn1.